The van der Waals surface area contributed by atoms with Gasteiger partial charge in [-0.15, -0.1) is 11.3 Å². The fourth-order valence-corrected chi connectivity index (χ4v) is 2.87. The summed E-state index contributed by atoms with van der Waals surface area (Å²) in [7, 11) is 0. The summed E-state index contributed by atoms with van der Waals surface area (Å²) in [5.41, 5.74) is 9.09. The predicted molar refractivity (Wildman–Crippen MR) is 76.9 cm³/mol. The molecule has 3 nitrogen and oxygen atoms in total. The molecule has 1 unspecified atom stereocenters. The number of aryl methyl sites for hydroxylation is 2. The minimum atomic E-state index is 0.254. The van der Waals surface area contributed by atoms with Crippen molar-refractivity contribution >= 4 is 11.3 Å². The van der Waals surface area contributed by atoms with Gasteiger partial charge in [0.15, 0.2) is 0 Å². The van der Waals surface area contributed by atoms with Crippen LogP contribution in [0.15, 0.2) is 17.5 Å². The van der Waals surface area contributed by atoms with Gasteiger partial charge >= 0.3 is 0 Å². The third-order valence-corrected chi connectivity index (χ3v) is 4.15. The molecule has 0 aliphatic carbocycles. The molecule has 18 heavy (non-hydrogen) atoms. The Morgan fingerprint density at radius 2 is 2.11 bits per heavy atom. The maximum Gasteiger partial charge on any atom is 0.133 e. The van der Waals surface area contributed by atoms with Gasteiger partial charge in [-0.2, -0.15) is 0 Å². The van der Waals surface area contributed by atoms with Crippen LogP contribution in [0.2, 0.25) is 0 Å². The van der Waals surface area contributed by atoms with Gasteiger partial charge in [-0.3, -0.25) is 0 Å². The average molecular weight is 261 g/mol. The Labute approximate surface area is 112 Å². The van der Waals surface area contributed by atoms with Crippen molar-refractivity contribution in [3.8, 4) is 10.6 Å². The van der Waals surface area contributed by atoms with E-state index in [0.29, 0.717) is 6.54 Å². The highest BCUT2D eigenvalue weighted by atomic mass is 32.1. The summed E-state index contributed by atoms with van der Waals surface area (Å²) < 4.78 is 0. The number of thiophene rings is 1. The maximum atomic E-state index is 5.79. The van der Waals surface area contributed by atoms with Gasteiger partial charge in [0.1, 0.15) is 5.82 Å². The molecule has 0 radical (unpaired) electrons. The number of aromatic nitrogens is 2. The molecule has 0 spiro atoms. The van der Waals surface area contributed by atoms with Crippen molar-refractivity contribution in [3.05, 3.63) is 34.6 Å². The third kappa shape index (κ3) is 2.60. The molecule has 0 bridgehead atoms. The minimum Gasteiger partial charge on any atom is -0.330 e. The van der Waals surface area contributed by atoms with E-state index >= 15 is 0 Å². The van der Waals surface area contributed by atoms with E-state index in [2.05, 4.69) is 30.3 Å². The standard InChI is InChI=1S/C14H19N3S/c1-4-11(8-15)14-16-10(3)7-12(17-14)13-9(2)5-6-18-13/h5-7,11H,4,8,15H2,1-3H3. The summed E-state index contributed by atoms with van der Waals surface area (Å²) in [4.78, 5) is 10.5. The van der Waals surface area contributed by atoms with Gasteiger partial charge in [0.25, 0.3) is 0 Å². The number of hydrogen-bond acceptors (Lipinski definition) is 4. The fourth-order valence-electron chi connectivity index (χ4n) is 1.98. The van der Waals surface area contributed by atoms with Crippen LogP contribution >= 0.6 is 11.3 Å². The highest BCUT2D eigenvalue weighted by Gasteiger charge is 2.14. The van der Waals surface area contributed by atoms with E-state index in [1.807, 2.05) is 13.0 Å². The first-order valence-corrected chi connectivity index (χ1v) is 7.13. The van der Waals surface area contributed by atoms with Crippen LogP contribution in [-0.2, 0) is 0 Å². The van der Waals surface area contributed by atoms with Crippen LogP contribution in [0.25, 0.3) is 10.6 Å². The van der Waals surface area contributed by atoms with Crippen LogP contribution in [0.3, 0.4) is 0 Å². The Hall–Kier alpha value is -1.26. The van der Waals surface area contributed by atoms with E-state index < -0.39 is 0 Å². The second-order valence-corrected chi connectivity index (χ2v) is 5.44. The number of nitrogens with two attached hydrogens (primary N) is 1. The molecule has 4 heteroatoms. The molecule has 0 fully saturated rings. The first kappa shape index (κ1) is 13.2. The molecule has 2 aromatic rings. The first-order valence-electron chi connectivity index (χ1n) is 6.25. The number of hydrogen-bond donors (Lipinski definition) is 1. The number of rotatable bonds is 4. The molecule has 96 valence electrons. The van der Waals surface area contributed by atoms with Crippen molar-refractivity contribution < 1.29 is 0 Å². The highest BCUT2D eigenvalue weighted by Crippen LogP contribution is 2.29. The highest BCUT2D eigenvalue weighted by molar-refractivity contribution is 7.13. The molecule has 0 aromatic carbocycles. The molecule has 0 amide bonds. The fraction of sp³-hybridized carbons (Fsp3) is 0.429. The van der Waals surface area contributed by atoms with Crippen molar-refractivity contribution in [2.45, 2.75) is 33.1 Å². The lowest BCUT2D eigenvalue weighted by Crippen LogP contribution is -2.15. The zero-order valence-electron chi connectivity index (χ0n) is 11.1. The van der Waals surface area contributed by atoms with Crippen LogP contribution in [0.1, 0.15) is 36.3 Å². The second kappa shape index (κ2) is 5.59. The number of nitrogens with zero attached hydrogens (tertiary/aromatic N) is 2. The van der Waals surface area contributed by atoms with E-state index in [-0.39, 0.29) is 5.92 Å². The van der Waals surface area contributed by atoms with Crippen molar-refractivity contribution in [1.29, 1.82) is 0 Å². The molecular weight excluding hydrogens is 242 g/mol. The molecule has 0 saturated heterocycles. The smallest absolute Gasteiger partial charge is 0.133 e. The Morgan fingerprint density at radius 3 is 2.67 bits per heavy atom. The van der Waals surface area contributed by atoms with Crippen molar-refractivity contribution in [2.75, 3.05) is 6.54 Å². The lowest BCUT2D eigenvalue weighted by Gasteiger charge is -2.12. The second-order valence-electron chi connectivity index (χ2n) is 4.53. The normalized spacial score (nSPS) is 12.7. The summed E-state index contributed by atoms with van der Waals surface area (Å²) in [6.45, 7) is 6.85. The molecule has 2 N–H and O–H groups in total. The Morgan fingerprint density at radius 1 is 1.33 bits per heavy atom. The zero-order chi connectivity index (χ0) is 13.1. The van der Waals surface area contributed by atoms with Gasteiger partial charge in [0.05, 0.1) is 10.6 Å². The Bertz CT molecular complexity index is 530. The van der Waals surface area contributed by atoms with Gasteiger partial charge in [-0.25, -0.2) is 9.97 Å². The van der Waals surface area contributed by atoms with Crippen LogP contribution in [0.5, 0.6) is 0 Å². The maximum absolute atomic E-state index is 5.79. The summed E-state index contributed by atoms with van der Waals surface area (Å²) in [6.07, 6.45) is 0.975. The summed E-state index contributed by atoms with van der Waals surface area (Å²) in [6, 6.07) is 4.17. The van der Waals surface area contributed by atoms with Gasteiger partial charge < -0.3 is 5.73 Å². The van der Waals surface area contributed by atoms with E-state index in [0.717, 1.165) is 23.6 Å². The van der Waals surface area contributed by atoms with Crippen molar-refractivity contribution in [2.24, 2.45) is 5.73 Å². The topological polar surface area (TPSA) is 51.8 Å². The summed E-state index contributed by atoms with van der Waals surface area (Å²) in [5, 5.41) is 2.10. The van der Waals surface area contributed by atoms with Gasteiger partial charge in [0, 0.05) is 18.2 Å². The molecular formula is C14H19N3S. The summed E-state index contributed by atoms with van der Waals surface area (Å²) >= 11 is 1.73. The average Bonchev–Trinajstić information content (AvgIpc) is 2.76. The van der Waals surface area contributed by atoms with E-state index in [4.69, 9.17) is 10.7 Å². The molecule has 2 heterocycles. The van der Waals surface area contributed by atoms with Gasteiger partial charge in [-0.1, -0.05) is 6.92 Å². The Balaban J connectivity index is 2.47. The van der Waals surface area contributed by atoms with E-state index in [1.54, 1.807) is 11.3 Å². The quantitative estimate of drug-likeness (QED) is 0.919. The van der Waals surface area contributed by atoms with E-state index in [1.165, 1.54) is 10.4 Å². The molecule has 0 aliphatic heterocycles. The van der Waals surface area contributed by atoms with Crippen LogP contribution in [0.4, 0.5) is 0 Å². The van der Waals surface area contributed by atoms with Crippen LogP contribution in [-0.4, -0.2) is 16.5 Å². The van der Waals surface area contributed by atoms with Gasteiger partial charge in [0.2, 0.25) is 0 Å². The summed E-state index contributed by atoms with van der Waals surface area (Å²) in [5.74, 6) is 1.13. The third-order valence-electron chi connectivity index (χ3n) is 3.11. The molecule has 0 saturated carbocycles. The van der Waals surface area contributed by atoms with Crippen molar-refractivity contribution in [1.82, 2.24) is 9.97 Å². The SMILES string of the molecule is CCC(CN)c1nc(C)cc(-c2sccc2C)n1. The van der Waals surface area contributed by atoms with Crippen LogP contribution in [0, 0.1) is 13.8 Å². The molecule has 2 aromatic heterocycles. The zero-order valence-corrected chi connectivity index (χ0v) is 11.9. The monoisotopic (exact) mass is 261 g/mol. The first-order chi connectivity index (χ1) is 8.65. The van der Waals surface area contributed by atoms with E-state index in [9.17, 15) is 0 Å². The Kier molecular flexibility index (Phi) is 4.09. The molecule has 1 atom stereocenters. The molecule has 0 aliphatic rings. The van der Waals surface area contributed by atoms with Crippen molar-refractivity contribution in [3.63, 3.8) is 0 Å². The van der Waals surface area contributed by atoms with Gasteiger partial charge in [-0.05, 0) is 43.3 Å². The largest absolute Gasteiger partial charge is 0.330 e. The van der Waals surface area contributed by atoms with Crippen LogP contribution < -0.4 is 5.73 Å². The lowest BCUT2D eigenvalue weighted by atomic mass is 10.1. The predicted octanol–water partition coefficient (Wildman–Crippen LogP) is 3.27. The lowest BCUT2D eigenvalue weighted by molar-refractivity contribution is 0.629. The minimum absolute atomic E-state index is 0.254. The molecule has 2 rings (SSSR count).